The van der Waals surface area contributed by atoms with Crippen LogP contribution in [0.4, 0.5) is 13.2 Å². The molecule has 0 aliphatic rings. The molecule has 0 amide bonds. The van der Waals surface area contributed by atoms with Crippen LogP contribution in [-0.2, 0) is 7.05 Å². The van der Waals surface area contributed by atoms with E-state index >= 15 is 0 Å². The van der Waals surface area contributed by atoms with Gasteiger partial charge in [-0.2, -0.15) is 23.3 Å². The molecule has 0 spiro atoms. The van der Waals surface area contributed by atoms with Crippen LogP contribution in [-0.4, -0.2) is 37.2 Å². The fourth-order valence-electron chi connectivity index (χ4n) is 4.26. The van der Waals surface area contributed by atoms with E-state index in [1.165, 1.54) is 10.6 Å². The van der Waals surface area contributed by atoms with Gasteiger partial charge in [0.2, 0.25) is 5.88 Å². The molecule has 3 heterocycles. The maximum Gasteiger partial charge on any atom is 0.425 e. The Bertz CT molecular complexity index is 1730. The second-order valence-electron chi connectivity index (χ2n) is 10.3. The van der Waals surface area contributed by atoms with Crippen molar-refractivity contribution >= 4 is 21.9 Å². The summed E-state index contributed by atoms with van der Waals surface area (Å²) in [5.74, 6) is 0.371. The number of halogens is 3. The second kappa shape index (κ2) is 9.44. The van der Waals surface area contributed by atoms with Gasteiger partial charge in [0.25, 0.3) is 5.56 Å². The maximum atomic E-state index is 14.0. The van der Waals surface area contributed by atoms with Gasteiger partial charge in [-0.25, -0.2) is 0 Å². The topological polar surface area (TPSA) is 71.2 Å². The summed E-state index contributed by atoms with van der Waals surface area (Å²) in [4.78, 5) is 18.3. The van der Waals surface area contributed by atoms with Crippen molar-refractivity contribution in [2.24, 2.45) is 7.05 Å². The molecule has 10 heteroatoms. The fourth-order valence-corrected chi connectivity index (χ4v) is 4.26. The predicted molar refractivity (Wildman–Crippen MR) is 144 cm³/mol. The number of hydrogen-bond donors (Lipinski definition) is 0. The predicted octanol–water partition coefficient (Wildman–Crippen LogP) is 6.45. The molecular formula is C29H27F3N4O3. The number of benzene rings is 2. The number of pyridine rings is 2. The summed E-state index contributed by atoms with van der Waals surface area (Å²) in [6.45, 7) is 6.68. The lowest BCUT2D eigenvalue weighted by atomic mass is 10.0. The molecule has 0 N–H and O–H groups in total. The van der Waals surface area contributed by atoms with Gasteiger partial charge >= 0.3 is 6.18 Å². The van der Waals surface area contributed by atoms with Crippen molar-refractivity contribution in [3.8, 4) is 28.4 Å². The second-order valence-corrected chi connectivity index (χ2v) is 10.3. The fraction of sp³-hybridized carbons (Fsp3) is 0.276. The Morgan fingerprint density at radius 1 is 0.923 bits per heavy atom. The molecule has 0 aliphatic carbocycles. The number of aryl methyl sites for hydroxylation is 1. The quantitative estimate of drug-likeness (QED) is 0.258. The van der Waals surface area contributed by atoms with Crippen LogP contribution in [0.25, 0.3) is 38.8 Å². The molecule has 7 nitrogen and oxygen atoms in total. The highest BCUT2D eigenvalue weighted by Crippen LogP contribution is 2.29. The standard InChI is InChI=1S/C29H27F3N4O3/c1-17(29(30,31)32)38-25-13-7-19-15-23(18-6-12-24-20(14-18)16-35(5)34-24)27(37)36(26(19)33-25)21-8-10-22(11-9-21)39-28(2,3)4/h6-17H,1-5H3/t17-/m1/s1. The van der Waals surface area contributed by atoms with Crippen molar-refractivity contribution < 1.29 is 22.6 Å². The minimum absolute atomic E-state index is 0.169. The lowest BCUT2D eigenvalue weighted by molar-refractivity contribution is -0.189. The Kier molecular flexibility index (Phi) is 6.36. The Morgan fingerprint density at radius 2 is 1.64 bits per heavy atom. The van der Waals surface area contributed by atoms with Gasteiger partial charge in [0.05, 0.1) is 11.2 Å². The van der Waals surface area contributed by atoms with E-state index in [9.17, 15) is 18.0 Å². The number of alkyl halides is 3. The summed E-state index contributed by atoms with van der Waals surface area (Å²) in [5.41, 5.74) is 1.71. The van der Waals surface area contributed by atoms with Crippen LogP contribution in [0.2, 0.25) is 0 Å². The zero-order chi connectivity index (χ0) is 28.1. The number of hydrogen-bond acceptors (Lipinski definition) is 5. The summed E-state index contributed by atoms with van der Waals surface area (Å²) in [5, 5.41) is 5.81. The minimum Gasteiger partial charge on any atom is -0.488 e. The van der Waals surface area contributed by atoms with E-state index in [0.717, 1.165) is 17.8 Å². The summed E-state index contributed by atoms with van der Waals surface area (Å²) >= 11 is 0. The zero-order valence-corrected chi connectivity index (χ0v) is 22.1. The third-order valence-corrected chi connectivity index (χ3v) is 6.03. The van der Waals surface area contributed by atoms with Gasteiger partial charge in [-0.3, -0.25) is 14.0 Å². The van der Waals surface area contributed by atoms with Crippen molar-refractivity contribution in [3.63, 3.8) is 0 Å². The highest BCUT2D eigenvalue weighted by molar-refractivity contribution is 5.88. The number of rotatable bonds is 5. The van der Waals surface area contributed by atoms with Gasteiger partial charge in [0, 0.05) is 35.6 Å². The van der Waals surface area contributed by atoms with Gasteiger partial charge in [-0.1, -0.05) is 6.07 Å². The molecule has 0 fully saturated rings. The monoisotopic (exact) mass is 536 g/mol. The van der Waals surface area contributed by atoms with Gasteiger partial charge in [-0.15, -0.1) is 0 Å². The van der Waals surface area contributed by atoms with Crippen LogP contribution < -0.4 is 15.0 Å². The molecule has 2 aromatic carbocycles. The molecule has 1 atom stereocenters. The lowest BCUT2D eigenvalue weighted by Gasteiger charge is -2.21. The molecule has 202 valence electrons. The normalized spacial score (nSPS) is 13.1. The maximum absolute atomic E-state index is 14.0. The average molecular weight is 537 g/mol. The van der Waals surface area contributed by atoms with E-state index in [-0.39, 0.29) is 17.1 Å². The smallest absolute Gasteiger partial charge is 0.425 e. The number of fused-ring (bicyclic) bond motifs is 2. The first-order valence-corrected chi connectivity index (χ1v) is 12.3. The van der Waals surface area contributed by atoms with E-state index in [0.29, 0.717) is 28.0 Å². The SMILES string of the molecule is C[C@@H](Oc1ccc2cc(-c3ccc4nn(C)cc4c3)c(=O)n(-c3ccc(OC(C)(C)C)cc3)c2n1)C(F)(F)F. The van der Waals surface area contributed by atoms with E-state index in [4.69, 9.17) is 9.47 Å². The van der Waals surface area contributed by atoms with Crippen molar-refractivity contribution in [2.75, 3.05) is 0 Å². The molecule has 0 radical (unpaired) electrons. The molecule has 0 aliphatic heterocycles. The van der Waals surface area contributed by atoms with Crippen LogP contribution in [0.15, 0.2) is 71.7 Å². The van der Waals surface area contributed by atoms with E-state index < -0.39 is 17.9 Å². The Morgan fingerprint density at radius 3 is 2.31 bits per heavy atom. The number of nitrogens with zero attached hydrogens (tertiary/aromatic N) is 4. The molecule has 0 saturated heterocycles. The minimum atomic E-state index is -4.56. The number of aromatic nitrogens is 4. The van der Waals surface area contributed by atoms with E-state index in [1.54, 1.807) is 41.1 Å². The van der Waals surface area contributed by atoms with Crippen LogP contribution in [0.1, 0.15) is 27.7 Å². The highest BCUT2D eigenvalue weighted by atomic mass is 19.4. The first kappa shape index (κ1) is 26.3. The molecule has 5 rings (SSSR count). The van der Waals surface area contributed by atoms with Crippen molar-refractivity contribution in [1.82, 2.24) is 19.3 Å². The highest BCUT2D eigenvalue weighted by Gasteiger charge is 2.38. The van der Waals surface area contributed by atoms with Crippen LogP contribution >= 0.6 is 0 Å². The molecule has 0 saturated carbocycles. The Balaban J connectivity index is 1.70. The molecule has 0 unspecified atom stereocenters. The molecule has 5 aromatic rings. The zero-order valence-electron chi connectivity index (χ0n) is 22.1. The summed E-state index contributed by atoms with van der Waals surface area (Å²) < 4.78 is 53.5. The van der Waals surface area contributed by atoms with Gasteiger partial charge in [-0.05, 0) is 81.8 Å². The first-order chi connectivity index (χ1) is 18.3. The van der Waals surface area contributed by atoms with Gasteiger partial charge in [0.15, 0.2) is 11.8 Å². The van der Waals surface area contributed by atoms with E-state index in [1.807, 2.05) is 52.2 Å². The van der Waals surface area contributed by atoms with Crippen LogP contribution in [0.5, 0.6) is 11.6 Å². The molecule has 0 bridgehead atoms. The largest absolute Gasteiger partial charge is 0.488 e. The first-order valence-electron chi connectivity index (χ1n) is 12.3. The summed E-state index contributed by atoms with van der Waals surface area (Å²) in [6, 6.07) is 17.1. The summed E-state index contributed by atoms with van der Waals surface area (Å²) in [6.07, 6.45) is -4.77. The molecular weight excluding hydrogens is 509 g/mol. The van der Waals surface area contributed by atoms with Crippen molar-refractivity contribution in [1.29, 1.82) is 0 Å². The van der Waals surface area contributed by atoms with Crippen LogP contribution in [0.3, 0.4) is 0 Å². The number of ether oxygens (including phenoxy) is 2. The molecule has 3 aromatic heterocycles. The molecule has 39 heavy (non-hydrogen) atoms. The average Bonchev–Trinajstić information content (AvgIpc) is 3.22. The Labute approximate surface area is 222 Å². The summed E-state index contributed by atoms with van der Waals surface area (Å²) in [7, 11) is 1.82. The third kappa shape index (κ3) is 5.45. The van der Waals surface area contributed by atoms with Crippen molar-refractivity contribution in [2.45, 2.75) is 45.6 Å². The third-order valence-electron chi connectivity index (χ3n) is 6.03. The lowest BCUT2D eigenvalue weighted by Crippen LogP contribution is -2.31. The van der Waals surface area contributed by atoms with Gasteiger partial charge < -0.3 is 9.47 Å². The Hall–Kier alpha value is -4.34. The van der Waals surface area contributed by atoms with Gasteiger partial charge in [0.1, 0.15) is 11.4 Å². The van der Waals surface area contributed by atoms with E-state index in [2.05, 4.69) is 10.1 Å². The van der Waals surface area contributed by atoms with Crippen LogP contribution in [0, 0.1) is 0 Å². The van der Waals surface area contributed by atoms with Crippen molar-refractivity contribution in [3.05, 3.63) is 77.2 Å².